The van der Waals surface area contributed by atoms with Gasteiger partial charge in [-0.2, -0.15) is 22.9 Å². The Morgan fingerprint density at radius 3 is 2.42 bits per heavy atom. The Labute approximate surface area is 211 Å². The summed E-state index contributed by atoms with van der Waals surface area (Å²) in [6.45, 7) is 4.64. The van der Waals surface area contributed by atoms with E-state index < -0.39 is 0 Å². The molecule has 0 aliphatic carbocycles. The van der Waals surface area contributed by atoms with Crippen LogP contribution in [0.25, 0.3) is 0 Å². The van der Waals surface area contributed by atoms with Gasteiger partial charge in [-0.3, -0.25) is 0 Å². The Morgan fingerprint density at radius 1 is 1.15 bits per heavy atom. The Hall–Kier alpha value is -2.33. The van der Waals surface area contributed by atoms with Crippen LogP contribution in [0.1, 0.15) is 48.2 Å². The second-order valence-corrected chi connectivity index (χ2v) is 8.62. The van der Waals surface area contributed by atoms with Crippen LogP contribution in [0.15, 0.2) is 47.1 Å². The summed E-state index contributed by atoms with van der Waals surface area (Å²) in [5.74, 6) is 0.908. The van der Waals surface area contributed by atoms with E-state index in [1.54, 1.807) is 12.5 Å². The minimum absolute atomic E-state index is 0.193. The molecule has 5 nitrogen and oxygen atoms in total. The number of aromatic nitrogens is 1. The average molecular weight is 506 g/mol. The highest BCUT2D eigenvalue weighted by atomic mass is 35.5. The van der Waals surface area contributed by atoms with Crippen molar-refractivity contribution in [1.82, 2.24) is 4.98 Å². The largest absolute Gasteiger partial charge is 0.491 e. The molecule has 0 aliphatic heterocycles. The molecule has 1 heterocycles. The van der Waals surface area contributed by atoms with Gasteiger partial charge in [0.25, 0.3) is 6.01 Å². The van der Waals surface area contributed by atoms with Gasteiger partial charge in [-0.15, -0.1) is 11.6 Å². The molecule has 3 rings (SSSR count). The molecule has 33 heavy (non-hydrogen) atoms. The molecule has 3 aromatic rings. The lowest BCUT2D eigenvalue weighted by atomic mass is 9.77. The van der Waals surface area contributed by atoms with Crippen LogP contribution in [-0.4, -0.2) is 23.7 Å². The van der Waals surface area contributed by atoms with Gasteiger partial charge in [-0.05, 0) is 54.3 Å². The second-order valence-electron chi connectivity index (χ2n) is 7.84. The van der Waals surface area contributed by atoms with E-state index in [1.165, 1.54) is 5.56 Å². The minimum Gasteiger partial charge on any atom is -0.491 e. The first-order chi connectivity index (χ1) is 15.8. The molecular weight excluding hydrogens is 477 g/mol. The predicted octanol–water partition coefficient (Wildman–Crippen LogP) is 6.45. The number of thiol groups is 1. The van der Waals surface area contributed by atoms with Crippen molar-refractivity contribution in [2.24, 2.45) is 0 Å². The molecule has 0 saturated carbocycles. The van der Waals surface area contributed by atoms with Gasteiger partial charge in [-0.1, -0.05) is 49.7 Å². The number of nitriles is 1. The maximum Gasteiger partial charge on any atom is 0.292 e. The van der Waals surface area contributed by atoms with Crippen LogP contribution < -0.4 is 10.5 Å². The third kappa shape index (κ3) is 7.07. The van der Waals surface area contributed by atoms with Crippen molar-refractivity contribution in [3.63, 3.8) is 0 Å². The van der Waals surface area contributed by atoms with E-state index in [9.17, 15) is 5.26 Å². The highest BCUT2D eigenvalue weighted by Gasteiger charge is 2.26. The maximum atomic E-state index is 9.62. The van der Waals surface area contributed by atoms with Gasteiger partial charge < -0.3 is 14.9 Å². The van der Waals surface area contributed by atoms with Gasteiger partial charge in [-0.25, -0.2) is 0 Å². The molecule has 0 spiro atoms. The Balaban J connectivity index is 0.00000187. The molecule has 0 radical (unpaired) electrons. The number of rotatable bonds is 9. The summed E-state index contributed by atoms with van der Waals surface area (Å²) in [6.07, 6.45) is 5.57. The minimum atomic E-state index is -0.344. The van der Waals surface area contributed by atoms with Crippen LogP contribution >= 0.6 is 35.8 Å². The van der Waals surface area contributed by atoms with Crippen molar-refractivity contribution >= 4 is 41.8 Å². The predicted molar refractivity (Wildman–Crippen MR) is 139 cm³/mol. The fourth-order valence-corrected chi connectivity index (χ4v) is 3.76. The number of nitrogens with two attached hydrogens (primary N) is 1. The lowest BCUT2D eigenvalue weighted by Crippen LogP contribution is -2.19. The van der Waals surface area contributed by atoms with E-state index in [2.05, 4.69) is 61.8 Å². The molecule has 2 N–H and O–H groups in total. The number of oxazole rings is 1. The first-order valence-corrected chi connectivity index (χ1v) is 12.3. The van der Waals surface area contributed by atoms with Crippen molar-refractivity contribution in [2.75, 3.05) is 24.5 Å². The molecule has 1 aromatic heterocycles. The summed E-state index contributed by atoms with van der Waals surface area (Å²) in [4.78, 5) is 4.13. The van der Waals surface area contributed by atoms with Gasteiger partial charge in [0.15, 0.2) is 5.75 Å². The number of hydrogen-bond donors (Lipinski definition) is 2. The van der Waals surface area contributed by atoms with Crippen molar-refractivity contribution in [1.29, 1.82) is 5.26 Å². The van der Waals surface area contributed by atoms with Crippen molar-refractivity contribution < 1.29 is 9.15 Å². The van der Waals surface area contributed by atoms with E-state index in [0.717, 1.165) is 29.7 Å². The third-order valence-corrected chi connectivity index (χ3v) is 5.87. The standard InChI is InChI=1S/C24H25Cl2N3O2.CH4S/c1-24(2,19-12-17(14-27)22(21(26)13-19)30-11-3-10-25)18-7-4-16(5-8-18)6-9-20-15-31-23(28)29-20;1-2/h4-5,7-8,12-13,15H,3,6,9-11H2,1-2H3,(H2,28,29);2H,1H3. The highest BCUT2D eigenvalue weighted by molar-refractivity contribution is 7.79. The quantitative estimate of drug-likeness (QED) is 0.198. The summed E-state index contributed by atoms with van der Waals surface area (Å²) < 4.78 is 10.7. The van der Waals surface area contributed by atoms with Gasteiger partial charge in [0, 0.05) is 11.3 Å². The number of nitrogens with zero attached hydrogens (tertiary/aromatic N) is 2. The molecule has 0 bridgehead atoms. The summed E-state index contributed by atoms with van der Waals surface area (Å²) in [5, 5.41) is 10.0. The zero-order valence-electron chi connectivity index (χ0n) is 19.1. The van der Waals surface area contributed by atoms with Crippen molar-refractivity contribution in [3.8, 4) is 11.8 Å². The third-order valence-electron chi connectivity index (χ3n) is 5.33. The molecule has 2 aromatic carbocycles. The van der Waals surface area contributed by atoms with Crippen LogP contribution in [0.4, 0.5) is 6.01 Å². The summed E-state index contributed by atoms with van der Waals surface area (Å²) in [7, 11) is 0. The summed E-state index contributed by atoms with van der Waals surface area (Å²) in [6, 6.07) is 14.6. The smallest absolute Gasteiger partial charge is 0.292 e. The Morgan fingerprint density at radius 2 is 1.85 bits per heavy atom. The van der Waals surface area contributed by atoms with E-state index in [-0.39, 0.29) is 11.4 Å². The van der Waals surface area contributed by atoms with Gasteiger partial charge in [0.2, 0.25) is 0 Å². The topological polar surface area (TPSA) is 85.1 Å². The van der Waals surface area contributed by atoms with Gasteiger partial charge >= 0.3 is 0 Å². The molecule has 0 fully saturated rings. The number of halogens is 2. The Bertz CT molecular complexity index is 1080. The number of ether oxygens (including phenoxy) is 1. The number of nitrogen functional groups attached to an aromatic ring is 1. The van der Waals surface area contributed by atoms with Crippen LogP contribution in [0, 0.1) is 11.3 Å². The lowest BCUT2D eigenvalue weighted by Gasteiger charge is -2.27. The zero-order valence-corrected chi connectivity index (χ0v) is 21.5. The van der Waals surface area contributed by atoms with Gasteiger partial charge in [0.05, 0.1) is 22.9 Å². The first kappa shape index (κ1) is 26.9. The summed E-state index contributed by atoms with van der Waals surface area (Å²) >= 11 is 15.7. The fraction of sp³-hybridized carbons (Fsp3) is 0.360. The Kier molecular flexibility index (Phi) is 10.4. The van der Waals surface area contributed by atoms with Gasteiger partial charge in [0.1, 0.15) is 12.3 Å². The van der Waals surface area contributed by atoms with Crippen LogP contribution in [-0.2, 0) is 18.3 Å². The fourth-order valence-electron chi connectivity index (χ4n) is 3.38. The van der Waals surface area contributed by atoms with E-state index in [1.807, 2.05) is 12.1 Å². The number of hydrogen-bond acceptors (Lipinski definition) is 6. The molecule has 0 saturated heterocycles. The second kappa shape index (κ2) is 12.8. The van der Waals surface area contributed by atoms with Crippen molar-refractivity contribution in [3.05, 3.63) is 75.6 Å². The number of benzene rings is 2. The number of anilines is 1. The molecule has 8 heteroatoms. The lowest BCUT2D eigenvalue weighted by molar-refractivity contribution is 0.317. The van der Waals surface area contributed by atoms with E-state index in [0.29, 0.717) is 35.2 Å². The normalized spacial score (nSPS) is 10.8. The first-order valence-electron chi connectivity index (χ1n) is 10.5. The van der Waals surface area contributed by atoms with Crippen LogP contribution in [0.5, 0.6) is 5.75 Å². The molecule has 0 aliphatic rings. The van der Waals surface area contributed by atoms with Crippen molar-refractivity contribution in [2.45, 2.75) is 38.5 Å². The SMILES string of the molecule is CC(C)(c1ccc(CCc2coc(N)n2)cc1)c1cc(Cl)c(OCCCCl)c(C#N)c1.CS. The molecule has 0 atom stereocenters. The monoisotopic (exact) mass is 505 g/mol. The van der Waals surface area contributed by atoms with E-state index in [4.69, 9.17) is 38.1 Å². The van der Waals surface area contributed by atoms with Crippen LogP contribution in [0.2, 0.25) is 5.02 Å². The highest BCUT2D eigenvalue weighted by Crippen LogP contribution is 2.38. The average Bonchev–Trinajstić information content (AvgIpc) is 3.25. The molecule has 0 amide bonds. The van der Waals surface area contributed by atoms with Crippen LogP contribution in [0.3, 0.4) is 0 Å². The molecule has 0 unspecified atom stereocenters. The summed E-state index contributed by atoms with van der Waals surface area (Å²) in [5.41, 5.74) is 9.71. The molecule has 176 valence electrons. The zero-order chi connectivity index (χ0) is 24.4. The molecular formula is C25H29Cl2N3O2S. The number of alkyl halides is 1. The van der Waals surface area contributed by atoms with E-state index >= 15 is 0 Å². The number of aryl methyl sites for hydroxylation is 2. The maximum absolute atomic E-state index is 9.62.